The van der Waals surface area contributed by atoms with E-state index in [1.54, 1.807) is 38.1 Å². The van der Waals surface area contributed by atoms with Gasteiger partial charge in [0, 0.05) is 12.0 Å². The molecule has 1 aromatic rings. The predicted molar refractivity (Wildman–Crippen MR) is 60.5 cm³/mol. The summed E-state index contributed by atoms with van der Waals surface area (Å²) in [4.78, 5) is 22.4. The molecule has 1 atom stereocenters. The molecule has 1 radical (unpaired) electrons. The van der Waals surface area contributed by atoms with Crippen molar-refractivity contribution in [3.05, 3.63) is 35.9 Å². The van der Waals surface area contributed by atoms with Crippen molar-refractivity contribution in [1.29, 1.82) is 0 Å². The number of hydrogen-bond donors (Lipinski definition) is 0. The van der Waals surface area contributed by atoms with Crippen molar-refractivity contribution in [2.24, 2.45) is 0 Å². The minimum absolute atomic E-state index is 0.246. The van der Waals surface area contributed by atoms with Gasteiger partial charge in [-0.25, -0.2) is 0 Å². The van der Waals surface area contributed by atoms with Crippen LogP contribution in [0, 0.1) is 0 Å². The fourth-order valence-electron chi connectivity index (χ4n) is 1.46. The highest BCUT2D eigenvalue weighted by Gasteiger charge is 2.35. The van der Waals surface area contributed by atoms with Crippen molar-refractivity contribution < 1.29 is 14.3 Å². The van der Waals surface area contributed by atoms with Gasteiger partial charge in [0.15, 0.2) is 0 Å². The number of ether oxygens (including phenoxy) is 1. The van der Waals surface area contributed by atoms with Crippen LogP contribution in [0.4, 0.5) is 0 Å². The second-order valence-electron chi connectivity index (χ2n) is 3.48. The Kier molecular flexibility index (Phi) is 4.23. The Hall–Kier alpha value is -1.64. The minimum Gasteiger partial charge on any atom is -0.446 e. The Morgan fingerprint density at radius 1 is 1.31 bits per heavy atom. The van der Waals surface area contributed by atoms with Gasteiger partial charge in [-0.15, -0.1) is 0 Å². The molecule has 16 heavy (non-hydrogen) atoms. The fraction of sp³-hybridized carbons (Fsp3) is 0.385. The summed E-state index contributed by atoms with van der Waals surface area (Å²) >= 11 is 0. The van der Waals surface area contributed by atoms with E-state index in [0.717, 1.165) is 0 Å². The summed E-state index contributed by atoms with van der Waals surface area (Å²) in [5.74, 6) is -0.394. The summed E-state index contributed by atoms with van der Waals surface area (Å²) in [7, 11) is 0. The van der Waals surface area contributed by atoms with Crippen molar-refractivity contribution in [2.45, 2.75) is 32.3 Å². The number of carbonyl (C=O) groups is 1. The van der Waals surface area contributed by atoms with Gasteiger partial charge in [-0.1, -0.05) is 44.2 Å². The Labute approximate surface area is 95.4 Å². The number of rotatable bonds is 5. The van der Waals surface area contributed by atoms with Gasteiger partial charge in [-0.3, -0.25) is 9.59 Å². The second kappa shape index (κ2) is 5.45. The molecule has 1 rings (SSSR count). The number of benzene rings is 1. The largest absolute Gasteiger partial charge is 0.446 e. The van der Waals surface area contributed by atoms with Crippen LogP contribution in [-0.4, -0.2) is 12.3 Å². The van der Waals surface area contributed by atoms with Crippen LogP contribution in [0.2, 0.25) is 0 Å². The Bertz CT molecular complexity index is 359. The number of hydrogen-bond acceptors (Lipinski definition) is 3. The van der Waals surface area contributed by atoms with Crippen LogP contribution in [0.3, 0.4) is 0 Å². The van der Waals surface area contributed by atoms with Crippen LogP contribution in [0.1, 0.15) is 32.3 Å². The van der Waals surface area contributed by atoms with Gasteiger partial charge in [-0.2, -0.15) is 0 Å². The van der Waals surface area contributed by atoms with E-state index in [4.69, 9.17) is 4.74 Å². The first-order valence-electron chi connectivity index (χ1n) is 5.35. The molecule has 0 heterocycles. The lowest BCUT2D eigenvalue weighted by Crippen LogP contribution is -2.33. The quantitative estimate of drug-likeness (QED) is 0.714. The van der Waals surface area contributed by atoms with Crippen molar-refractivity contribution in [3.63, 3.8) is 0 Å². The van der Waals surface area contributed by atoms with Gasteiger partial charge < -0.3 is 4.74 Å². The summed E-state index contributed by atoms with van der Waals surface area (Å²) in [6.07, 6.45) is 2.48. The molecular formula is C13H15O3. The molecule has 0 fully saturated rings. The van der Waals surface area contributed by atoms with E-state index in [9.17, 15) is 9.59 Å². The summed E-state index contributed by atoms with van der Waals surface area (Å²) in [6, 6.07) is 8.97. The summed E-state index contributed by atoms with van der Waals surface area (Å²) in [6.45, 7) is 3.49. The van der Waals surface area contributed by atoms with Crippen molar-refractivity contribution in [2.75, 3.05) is 0 Å². The van der Waals surface area contributed by atoms with E-state index >= 15 is 0 Å². The molecule has 0 N–H and O–H groups in total. The zero-order valence-electron chi connectivity index (χ0n) is 9.53. The van der Waals surface area contributed by atoms with Crippen molar-refractivity contribution >= 4 is 12.3 Å². The Morgan fingerprint density at radius 2 is 1.94 bits per heavy atom. The van der Waals surface area contributed by atoms with E-state index in [1.807, 2.05) is 12.4 Å². The zero-order valence-corrected chi connectivity index (χ0v) is 9.53. The van der Waals surface area contributed by atoms with Gasteiger partial charge in [0.2, 0.25) is 5.60 Å². The van der Waals surface area contributed by atoms with E-state index in [1.165, 1.54) is 0 Å². The highest BCUT2D eigenvalue weighted by atomic mass is 16.6. The third-order valence-electron chi connectivity index (χ3n) is 2.48. The molecule has 0 saturated carbocycles. The van der Waals surface area contributed by atoms with Gasteiger partial charge in [0.25, 0.3) is 6.29 Å². The SMILES string of the molecule is CCC(=O)OC([C]=O)(CC)c1ccccc1. The molecule has 3 nitrogen and oxygen atoms in total. The first-order valence-corrected chi connectivity index (χ1v) is 5.35. The lowest BCUT2D eigenvalue weighted by molar-refractivity contribution is -0.154. The smallest absolute Gasteiger partial charge is 0.306 e. The van der Waals surface area contributed by atoms with E-state index in [0.29, 0.717) is 12.0 Å². The molecule has 0 aliphatic rings. The van der Waals surface area contributed by atoms with Crippen molar-refractivity contribution in [3.8, 4) is 0 Å². The van der Waals surface area contributed by atoms with E-state index in [-0.39, 0.29) is 6.42 Å². The highest BCUT2D eigenvalue weighted by molar-refractivity contribution is 5.76. The topological polar surface area (TPSA) is 43.4 Å². The maximum absolute atomic E-state index is 11.3. The molecule has 0 aliphatic carbocycles. The average Bonchev–Trinajstić information content (AvgIpc) is 2.37. The lowest BCUT2D eigenvalue weighted by Gasteiger charge is -2.26. The molecule has 0 saturated heterocycles. The summed E-state index contributed by atoms with van der Waals surface area (Å²) in [5.41, 5.74) is -0.594. The van der Waals surface area contributed by atoms with Gasteiger partial charge in [0.05, 0.1) is 0 Å². The molecule has 0 aliphatic heterocycles. The standard InChI is InChI=1S/C13H15O3/c1-3-12(15)16-13(4-2,10-14)11-8-6-5-7-9-11/h5-9H,3-4H2,1-2H3. The molecular weight excluding hydrogens is 204 g/mol. The van der Waals surface area contributed by atoms with Gasteiger partial charge >= 0.3 is 5.97 Å². The van der Waals surface area contributed by atoms with Crippen molar-refractivity contribution in [1.82, 2.24) is 0 Å². The second-order valence-corrected chi connectivity index (χ2v) is 3.48. The molecule has 0 bridgehead atoms. The van der Waals surface area contributed by atoms with Crippen LogP contribution < -0.4 is 0 Å². The molecule has 0 amide bonds. The lowest BCUT2D eigenvalue weighted by atomic mass is 9.92. The Morgan fingerprint density at radius 3 is 2.38 bits per heavy atom. The normalized spacial score (nSPS) is 13.9. The first-order chi connectivity index (χ1) is 7.68. The maximum Gasteiger partial charge on any atom is 0.306 e. The molecule has 1 aromatic carbocycles. The van der Waals surface area contributed by atoms with Crippen LogP contribution in [0.25, 0.3) is 0 Å². The first kappa shape index (κ1) is 12.4. The third kappa shape index (κ3) is 2.48. The minimum atomic E-state index is -1.26. The summed E-state index contributed by atoms with van der Waals surface area (Å²) < 4.78 is 5.21. The van der Waals surface area contributed by atoms with E-state index < -0.39 is 11.6 Å². The number of esters is 1. The fourth-order valence-corrected chi connectivity index (χ4v) is 1.46. The highest BCUT2D eigenvalue weighted by Crippen LogP contribution is 2.27. The third-order valence-corrected chi connectivity index (χ3v) is 2.48. The van der Waals surface area contributed by atoms with Gasteiger partial charge in [-0.05, 0) is 6.42 Å². The average molecular weight is 219 g/mol. The van der Waals surface area contributed by atoms with Crippen LogP contribution in [0.15, 0.2) is 30.3 Å². The molecule has 0 aromatic heterocycles. The molecule has 0 spiro atoms. The van der Waals surface area contributed by atoms with Crippen LogP contribution in [0.5, 0.6) is 0 Å². The molecule has 3 heteroatoms. The van der Waals surface area contributed by atoms with Crippen LogP contribution >= 0.6 is 0 Å². The summed E-state index contributed by atoms with van der Waals surface area (Å²) in [5, 5.41) is 0. The Balaban J connectivity index is 3.06. The maximum atomic E-state index is 11.3. The molecule has 85 valence electrons. The number of carbonyl (C=O) groups excluding carboxylic acids is 2. The van der Waals surface area contributed by atoms with Gasteiger partial charge in [0.1, 0.15) is 0 Å². The van der Waals surface area contributed by atoms with E-state index in [2.05, 4.69) is 0 Å². The zero-order chi connectivity index (χ0) is 12.0. The monoisotopic (exact) mass is 219 g/mol. The van der Waals surface area contributed by atoms with Crippen LogP contribution in [-0.2, 0) is 19.9 Å². The predicted octanol–water partition coefficient (Wildman–Crippen LogP) is 2.35. The molecule has 1 unspecified atom stereocenters.